The highest BCUT2D eigenvalue weighted by atomic mass is 35.5. The second-order valence-electron chi connectivity index (χ2n) is 4.97. The minimum atomic E-state index is -0.611. The van der Waals surface area contributed by atoms with E-state index in [0.717, 1.165) is 0 Å². The molecule has 0 spiro atoms. The van der Waals surface area contributed by atoms with E-state index in [1.807, 2.05) is 0 Å². The van der Waals surface area contributed by atoms with E-state index in [-0.39, 0.29) is 49.2 Å². The van der Waals surface area contributed by atoms with Crippen molar-refractivity contribution in [3.63, 3.8) is 0 Å². The molecule has 1 aromatic rings. The lowest BCUT2D eigenvalue weighted by Crippen LogP contribution is -2.33. The fraction of sp³-hybridized carbons (Fsp3) is 0.500. The highest BCUT2D eigenvalue weighted by Crippen LogP contribution is 2.24. The largest absolute Gasteiger partial charge is 0.489 e. The van der Waals surface area contributed by atoms with E-state index in [0.29, 0.717) is 12.8 Å². The van der Waals surface area contributed by atoms with Crippen molar-refractivity contribution in [1.29, 1.82) is 0 Å². The minimum Gasteiger partial charge on any atom is -0.489 e. The molecule has 118 valence electrons. The number of para-hydroxylation sites is 1. The average molecular weight is 319 g/mol. The fourth-order valence-corrected chi connectivity index (χ4v) is 2.30. The molecule has 0 heterocycles. The van der Waals surface area contributed by atoms with Crippen LogP contribution in [0.4, 0.5) is 4.39 Å². The van der Waals surface area contributed by atoms with Gasteiger partial charge >= 0.3 is 0 Å². The number of nitrogens with one attached hydrogen (secondary N) is 1. The number of carbonyl (C=O) groups excluding carboxylic acids is 1. The zero-order chi connectivity index (χ0) is 14.5. The Morgan fingerprint density at radius 2 is 2.14 bits per heavy atom. The van der Waals surface area contributed by atoms with Crippen LogP contribution < -0.4 is 15.8 Å². The van der Waals surface area contributed by atoms with Crippen molar-refractivity contribution in [2.45, 2.75) is 25.0 Å². The molecule has 5 nitrogen and oxygen atoms in total. The molecule has 0 unspecified atom stereocenters. The summed E-state index contributed by atoms with van der Waals surface area (Å²) in [4.78, 5) is 11.8. The van der Waals surface area contributed by atoms with E-state index >= 15 is 0 Å². The normalized spacial score (nSPS) is 24.2. The lowest BCUT2D eigenvalue weighted by atomic mass is 10.1. The Morgan fingerprint density at radius 3 is 2.76 bits per heavy atom. The maximum absolute atomic E-state index is 13.3. The number of halogens is 2. The number of amides is 1. The second kappa shape index (κ2) is 8.17. The third-order valence-corrected chi connectivity index (χ3v) is 3.44. The summed E-state index contributed by atoms with van der Waals surface area (Å²) in [7, 11) is 0. The molecule has 4 N–H and O–H groups in total. The first-order chi connectivity index (χ1) is 9.58. The number of nitrogens with two attached hydrogens (primary N) is 1. The predicted molar refractivity (Wildman–Crippen MR) is 78.9 cm³/mol. The molecule has 1 aliphatic carbocycles. The third-order valence-electron chi connectivity index (χ3n) is 3.44. The smallest absolute Gasteiger partial charge is 0.223 e. The molecule has 1 amide bonds. The summed E-state index contributed by atoms with van der Waals surface area (Å²) in [5, 5.41) is 12.2. The summed E-state index contributed by atoms with van der Waals surface area (Å²) < 4.78 is 18.5. The van der Waals surface area contributed by atoms with Crippen LogP contribution in [0.5, 0.6) is 5.75 Å². The van der Waals surface area contributed by atoms with E-state index in [1.54, 1.807) is 12.1 Å². The summed E-state index contributed by atoms with van der Waals surface area (Å²) in [6, 6.07) is 5.77. The average Bonchev–Trinajstić information content (AvgIpc) is 2.76. The van der Waals surface area contributed by atoms with Crippen LogP contribution in [0.2, 0.25) is 0 Å². The standard InChI is InChI=1S/C14H19FN2O3.ClH/c15-10-3-1-2-4-13(10)20-6-5-17-14(19)9-7-11(16)12(18)8-9;/h1-4,9,11-12,18H,5-8,16H2,(H,17,19);1H/t9-,11-,12-;/m0./s1. The van der Waals surface area contributed by atoms with Crippen LogP contribution in [0, 0.1) is 11.7 Å². The molecule has 0 bridgehead atoms. The van der Waals surface area contributed by atoms with Gasteiger partial charge in [-0.1, -0.05) is 12.1 Å². The van der Waals surface area contributed by atoms with Gasteiger partial charge in [0.15, 0.2) is 11.6 Å². The third kappa shape index (κ3) is 4.84. The molecule has 1 saturated carbocycles. The monoisotopic (exact) mass is 318 g/mol. The molecule has 0 radical (unpaired) electrons. The quantitative estimate of drug-likeness (QED) is 0.702. The van der Waals surface area contributed by atoms with Crippen LogP contribution in [-0.4, -0.2) is 36.3 Å². The second-order valence-corrected chi connectivity index (χ2v) is 4.97. The molecule has 0 saturated heterocycles. The van der Waals surface area contributed by atoms with E-state index < -0.39 is 11.9 Å². The molecule has 0 aliphatic heterocycles. The first-order valence-corrected chi connectivity index (χ1v) is 6.66. The molecule has 1 aliphatic rings. The van der Waals surface area contributed by atoms with Crippen LogP contribution >= 0.6 is 12.4 Å². The van der Waals surface area contributed by atoms with E-state index in [1.165, 1.54) is 12.1 Å². The molecule has 0 aromatic heterocycles. The van der Waals surface area contributed by atoms with Crippen molar-refractivity contribution in [2.75, 3.05) is 13.2 Å². The SMILES string of the molecule is Cl.N[C@H]1C[C@H](C(=O)NCCOc2ccccc2F)C[C@@H]1O. The summed E-state index contributed by atoms with van der Waals surface area (Å²) >= 11 is 0. The molecule has 21 heavy (non-hydrogen) atoms. The topological polar surface area (TPSA) is 84.6 Å². The minimum absolute atomic E-state index is 0. The predicted octanol–water partition coefficient (Wildman–Crippen LogP) is 0.841. The number of hydrogen-bond donors (Lipinski definition) is 3. The Morgan fingerprint density at radius 1 is 1.43 bits per heavy atom. The number of hydrogen-bond acceptors (Lipinski definition) is 4. The first-order valence-electron chi connectivity index (χ1n) is 6.66. The van der Waals surface area contributed by atoms with Gasteiger partial charge in [-0.3, -0.25) is 4.79 Å². The highest BCUT2D eigenvalue weighted by Gasteiger charge is 2.34. The lowest BCUT2D eigenvalue weighted by Gasteiger charge is -2.11. The molecule has 2 rings (SSSR count). The summed E-state index contributed by atoms with van der Waals surface area (Å²) in [5.41, 5.74) is 5.66. The highest BCUT2D eigenvalue weighted by molar-refractivity contribution is 5.85. The summed E-state index contributed by atoms with van der Waals surface area (Å²) in [6.45, 7) is 0.475. The molecule has 3 atom stereocenters. The Kier molecular flexibility index (Phi) is 6.87. The van der Waals surface area contributed by atoms with Gasteiger partial charge in [0.2, 0.25) is 5.91 Å². The van der Waals surface area contributed by atoms with E-state index in [4.69, 9.17) is 10.5 Å². The van der Waals surface area contributed by atoms with Gasteiger partial charge in [-0.2, -0.15) is 0 Å². The lowest BCUT2D eigenvalue weighted by molar-refractivity contribution is -0.125. The number of benzene rings is 1. The van der Waals surface area contributed by atoms with Crippen molar-refractivity contribution in [1.82, 2.24) is 5.32 Å². The summed E-state index contributed by atoms with van der Waals surface area (Å²) in [6.07, 6.45) is 0.267. The van der Waals surface area contributed by atoms with Crippen LogP contribution in [0.1, 0.15) is 12.8 Å². The number of rotatable bonds is 5. The zero-order valence-corrected chi connectivity index (χ0v) is 12.3. The van der Waals surface area contributed by atoms with Crippen molar-refractivity contribution < 1.29 is 19.0 Å². The number of ether oxygens (including phenoxy) is 1. The van der Waals surface area contributed by atoms with Crippen molar-refractivity contribution in [2.24, 2.45) is 11.7 Å². The fourth-order valence-electron chi connectivity index (χ4n) is 2.30. The molecular formula is C14H20ClFN2O3. The summed E-state index contributed by atoms with van der Waals surface area (Å²) in [5.74, 6) is -0.661. The zero-order valence-electron chi connectivity index (χ0n) is 11.5. The van der Waals surface area contributed by atoms with Crippen LogP contribution in [0.3, 0.4) is 0 Å². The Bertz CT molecular complexity index is 465. The van der Waals surface area contributed by atoms with Gasteiger partial charge in [0.25, 0.3) is 0 Å². The Hall–Kier alpha value is -1.37. The van der Waals surface area contributed by atoms with E-state index in [2.05, 4.69) is 5.32 Å². The Balaban J connectivity index is 0.00000220. The molecule has 1 aromatic carbocycles. The number of aliphatic hydroxyl groups excluding tert-OH is 1. The van der Waals surface area contributed by atoms with Crippen LogP contribution in [0.25, 0.3) is 0 Å². The number of carbonyl (C=O) groups is 1. The van der Waals surface area contributed by atoms with Gasteiger partial charge in [0.1, 0.15) is 6.61 Å². The molecular weight excluding hydrogens is 299 g/mol. The van der Waals surface area contributed by atoms with E-state index in [9.17, 15) is 14.3 Å². The van der Waals surface area contributed by atoms with Crippen LogP contribution in [0.15, 0.2) is 24.3 Å². The van der Waals surface area contributed by atoms with Gasteiger partial charge in [0, 0.05) is 12.0 Å². The van der Waals surface area contributed by atoms with Crippen LogP contribution in [-0.2, 0) is 4.79 Å². The van der Waals surface area contributed by atoms with Gasteiger partial charge in [-0.05, 0) is 25.0 Å². The van der Waals surface area contributed by atoms with Gasteiger partial charge in [-0.15, -0.1) is 12.4 Å². The van der Waals surface area contributed by atoms with Crippen molar-refractivity contribution in [3.05, 3.63) is 30.1 Å². The van der Waals surface area contributed by atoms with Gasteiger partial charge in [0.05, 0.1) is 12.6 Å². The van der Waals surface area contributed by atoms with Crippen molar-refractivity contribution in [3.8, 4) is 5.75 Å². The molecule has 1 fully saturated rings. The maximum atomic E-state index is 13.3. The van der Waals surface area contributed by atoms with Gasteiger partial charge < -0.3 is 20.9 Å². The van der Waals surface area contributed by atoms with Crippen molar-refractivity contribution >= 4 is 18.3 Å². The number of aliphatic hydroxyl groups is 1. The van der Waals surface area contributed by atoms with Gasteiger partial charge in [-0.25, -0.2) is 4.39 Å². The Labute approximate surface area is 129 Å². The molecule has 7 heteroatoms. The first kappa shape index (κ1) is 17.7. The maximum Gasteiger partial charge on any atom is 0.223 e.